The van der Waals surface area contributed by atoms with Crippen molar-refractivity contribution in [2.45, 2.75) is 20.0 Å². The number of carbonyl (C=O) groups is 1. The number of ether oxygens (including phenoxy) is 2. The number of hydrogen-bond donors (Lipinski definition) is 0. The van der Waals surface area contributed by atoms with Crippen LogP contribution < -0.4 is 9.47 Å². The van der Waals surface area contributed by atoms with E-state index in [0.29, 0.717) is 34.6 Å². The van der Waals surface area contributed by atoms with Gasteiger partial charge in [-0.3, -0.25) is 4.79 Å². The highest BCUT2D eigenvalue weighted by Crippen LogP contribution is 2.27. The number of benzene rings is 3. The van der Waals surface area contributed by atoms with E-state index in [4.69, 9.17) is 13.9 Å². The first-order chi connectivity index (χ1) is 16.0. The van der Waals surface area contributed by atoms with Crippen molar-refractivity contribution in [3.05, 3.63) is 102 Å². The lowest BCUT2D eigenvalue weighted by atomic mass is 10.0. The summed E-state index contributed by atoms with van der Waals surface area (Å²) in [6.07, 6.45) is 3.53. The maximum atomic E-state index is 13.5. The van der Waals surface area contributed by atoms with Gasteiger partial charge in [-0.2, -0.15) is 0 Å². The lowest BCUT2D eigenvalue weighted by Crippen LogP contribution is -2.06. The molecule has 33 heavy (non-hydrogen) atoms. The van der Waals surface area contributed by atoms with Crippen molar-refractivity contribution < 1.29 is 18.7 Å². The van der Waals surface area contributed by atoms with Crippen LogP contribution in [-0.2, 0) is 0 Å². The van der Waals surface area contributed by atoms with Gasteiger partial charge in [0.1, 0.15) is 23.6 Å². The highest BCUT2D eigenvalue weighted by molar-refractivity contribution is 6.31. The summed E-state index contributed by atoms with van der Waals surface area (Å²) in [5.74, 6) is 1.52. The Balaban J connectivity index is 1.71. The van der Waals surface area contributed by atoms with Gasteiger partial charge in [0.25, 0.3) is 0 Å². The van der Waals surface area contributed by atoms with Crippen molar-refractivity contribution in [2.24, 2.45) is 0 Å². The smallest absolute Gasteiger partial charge is 0.231 e. The summed E-state index contributed by atoms with van der Waals surface area (Å²) in [6, 6.07) is 22.0. The summed E-state index contributed by atoms with van der Waals surface area (Å²) in [5, 5.41) is 0. The van der Waals surface area contributed by atoms with E-state index in [1.54, 1.807) is 36.4 Å². The van der Waals surface area contributed by atoms with Crippen LogP contribution in [-0.4, -0.2) is 23.5 Å². The summed E-state index contributed by atoms with van der Waals surface area (Å²) in [5.41, 5.74) is 3.03. The summed E-state index contributed by atoms with van der Waals surface area (Å²) in [4.78, 5) is 18.1. The number of carbonyl (C=O) groups excluding carboxylic acids is 1. The largest absolute Gasteiger partial charge is 0.491 e. The minimum Gasteiger partial charge on any atom is -0.491 e. The number of para-hydroxylation sites is 2. The zero-order valence-corrected chi connectivity index (χ0v) is 18.7. The van der Waals surface area contributed by atoms with Crippen LogP contribution in [0, 0.1) is 0 Å². The Morgan fingerprint density at radius 2 is 1.70 bits per heavy atom. The number of oxazole rings is 1. The molecule has 4 aromatic rings. The minimum absolute atomic E-state index is 0.0557. The van der Waals surface area contributed by atoms with Crippen molar-refractivity contribution in [3.63, 3.8) is 0 Å². The average molecular weight is 440 g/mol. The van der Waals surface area contributed by atoms with Gasteiger partial charge in [-0.1, -0.05) is 36.9 Å². The number of allylic oxidation sites excluding steroid dienone is 1. The van der Waals surface area contributed by atoms with Gasteiger partial charge in [-0.25, -0.2) is 4.98 Å². The number of fused-ring (bicyclic) bond motifs is 1. The zero-order valence-electron chi connectivity index (χ0n) is 18.7. The molecule has 0 spiro atoms. The Hall–Kier alpha value is -4.12. The monoisotopic (exact) mass is 439 g/mol. The van der Waals surface area contributed by atoms with Crippen molar-refractivity contribution in [1.29, 1.82) is 0 Å². The van der Waals surface area contributed by atoms with E-state index < -0.39 is 0 Å². The molecule has 0 saturated carbocycles. The van der Waals surface area contributed by atoms with Gasteiger partial charge in [0, 0.05) is 5.56 Å². The maximum absolute atomic E-state index is 13.5. The second-order valence-electron chi connectivity index (χ2n) is 7.73. The fourth-order valence-electron chi connectivity index (χ4n) is 3.31. The van der Waals surface area contributed by atoms with Crippen molar-refractivity contribution >= 4 is 28.5 Å². The molecular weight excluding hydrogens is 414 g/mol. The van der Waals surface area contributed by atoms with Gasteiger partial charge in [0.15, 0.2) is 11.4 Å². The molecule has 166 valence electrons. The molecule has 0 N–H and O–H groups in total. The van der Waals surface area contributed by atoms with Crippen LogP contribution in [0.2, 0.25) is 0 Å². The van der Waals surface area contributed by atoms with Crippen LogP contribution in [0.4, 0.5) is 0 Å². The van der Waals surface area contributed by atoms with Gasteiger partial charge in [0.05, 0.1) is 11.7 Å². The van der Waals surface area contributed by atoms with Crippen molar-refractivity contribution in [3.8, 4) is 11.5 Å². The Morgan fingerprint density at radius 1 is 1.00 bits per heavy atom. The Labute approximate surface area is 193 Å². The van der Waals surface area contributed by atoms with Crippen molar-refractivity contribution in [2.75, 3.05) is 6.61 Å². The molecule has 0 aliphatic carbocycles. The molecule has 0 aliphatic heterocycles. The SMILES string of the molecule is C=CCOc1ccc(/C=C(/C(=O)c2ccc(OC(C)C)cc2)c2nc3ccccc3o2)cc1. The number of ketones is 1. The number of rotatable bonds is 9. The third kappa shape index (κ3) is 5.39. The summed E-state index contributed by atoms with van der Waals surface area (Å²) >= 11 is 0. The molecule has 0 bridgehead atoms. The highest BCUT2D eigenvalue weighted by atomic mass is 16.5. The first-order valence-electron chi connectivity index (χ1n) is 10.8. The van der Waals surface area contributed by atoms with Gasteiger partial charge >= 0.3 is 0 Å². The zero-order chi connectivity index (χ0) is 23.2. The first kappa shape index (κ1) is 22.1. The van der Waals surface area contributed by atoms with Crippen LogP contribution in [0.1, 0.15) is 35.7 Å². The molecule has 5 heteroatoms. The van der Waals surface area contributed by atoms with E-state index in [2.05, 4.69) is 11.6 Å². The van der Waals surface area contributed by atoms with Gasteiger partial charge in [-0.05, 0) is 74.0 Å². The molecule has 0 aliphatic rings. The molecule has 0 saturated heterocycles. The third-order valence-electron chi connectivity index (χ3n) is 4.82. The highest BCUT2D eigenvalue weighted by Gasteiger charge is 2.20. The second-order valence-corrected chi connectivity index (χ2v) is 7.73. The van der Waals surface area contributed by atoms with E-state index in [9.17, 15) is 4.79 Å². The Kier molecular flexibility index (Phi) is 6.69. The van der Waals surface area contributed by atoms with E-state index in [-0.39, 0.29) is 17.8 Å². The Bertz CT molecular complexity index is 1250. The summed E-state index contributed by atoms with van der Waals surface area (Å²) < 4.78 is 17.2. The first-order valence-corrected chi connectivity index (χ1v) is 10.8. The van der Waals surface area contributed by atoms with E-state index in [1.807, 2.05) is 62.4 Å². The maximum Gasteiger partial charge on any atom is 0.231 e. The standard InChI is InChI=1S/C28H25NO4/c1-4-17-31-22-13-9-20(10-14-22)18-24(28-29-25-7-5-6-8-26(25)33-28)27(30)21-11-15-23(16-12-21)32-19(2)3/h4-16,18-19H,1,17H2,2-3H3/b24-18-. The number of aromatic nitrogens is 1. The predicted molar refractivity (Wildman–Crippen MR) is 131 cm³/mol. The van der Waals surface area contributed by atoms with E-state index >= 15 is 0 Å². The van der Waals surface area contributed by atoms with Gasteiger partial charge < -0.3 is 13.9 Å². The van der Waals surface area contributed by atoms with E-state index in [1.165, 1.54) is 0 Å². The molecule has 0 fully saturated rings. The predicted octanol–water partition coefficient (Wildman–Crippen LogP) is 6.60. The van der Waals surface area contributed by atoms with Crippen LogP contribution >= 0.6 is 0 Å². The van der Waals surface area contributed by atoms with E-state index in [0.717, 1.165) is 11.3 Å². The molecule has 4 rings (SSSR count). The molecule has 0 amide bonds. The second kappa shape index (κ2) is 10.0. The average Bonchev–Trinajstić information content (AvgIpc) is 3.25. The lowest BCUT2D eigenvalue weighted by Gasteiger charge is -2.10. The molecule has 3 aromatic carbocycles. The fraction of sp³-hybridized carbons (Fsp3) is 0.143. The Morgan fingerprint density at radius 3 is 2.36 bits per heavy atom. The third-order valence-corrected chi connectivity index (χ3v) is 4.82. The van der Waals surface area contributed by atoms with Crippen molar-refractivity contribution in [1.82, 2.24) is 4.98 Å². The molecule has 5 nitrogen and oxygen atoms in total. The summed E-state index contributed by atoms with van der Waals surface area (Å²) in [7, 11) is 0. The van der Waals surface area contributed by atoms with Gasteiger partial charge in [-0.15, -0.1) is 0 Å². The lowest BCUT2D eigenvalue weighted by molar-refractivity contribution is 0.105. The normalized spacial score (nSPS) is 11.5. The molecule has 1 aromatic heterocycles. The van der Waals surface area contributed by atoms with Crippen LogP contribution in [0.15, 0.2) is 89.9 Å². The number of Topliss-reactive ketones (excluding diaryl/α,β-unsaturated/α-hetero) is 1. The molecule has 0 atom stereocenters. The topological polar surface area (TPSA) is 61.6 Å². The summed E-state index contributed by atoms with van der Waals surface area (Å²) in [6.45, 7) is 8.00. The number of nitrogens with zero attached hydrogens (tertiary/aromatic N) is 1. The van der Waals surface area contributed by atoms with Crippen LogP contribution in [0.3, 0.4) is 0 Å². The number of hydrogen-bond acceptors (Lipinski definition) is 5. The molecule has 1 heterocycles. The molecular formula is C28H25NO4. The quantitative estimate of drug-likeness (QED) is 0.167. The minimum atomic E-state index is -0.190. The van der Waals surface area contributed by atoms with Gasteiger partial charge in [0.2, 0.25) is 5.89 Å². The van der Waals surface area contributed by atoms with Crippen LogP contribution in [0.25, 0.3) is 22.7 Å². The molecule has 0 radical (unpaired) electrons. The van der Waals surface area contributed by atoms with Crippen LogP contribution in [0.5, 0.6) is 11.5 Å². The molecule has 0 unspecified atom stereocenters. The fourth-order valence-corrected chi connectivity index (χ4v) is 3.31.